The van der Waals surface area contributed by atoms with Crippen molar-refractivity contribution in [1.29, 1.82) is 0 Å². The van der Waals surface area contributed by atoms with E-state index in [-0.39, 0.29) is 36.6 Å². The number of carbonyl (C=O) groups excluding carboxylic acids is 1. The van der Waals surface area contributed by atoms with Crippen molar-refractivity contribution >= 4 is 30.7 Å². The second-order valence-corrected chi connectivity index (χ2v) is 7.68. The summed E-state index contributed by atoms with van der Waals surface area (Å²) in [5.74, 6) is 0.825. The molecule has 1 fully saturated rings. The Morgan fingerprint density at radius 2 is 1.45 bits per heavy atom. The summed E-state index contributed by atoms with van der Waals surface area (Å²) in [7, 11) is 2.12. The van der Waals surface area contributed by atoms with Gasteiger partial charge < -0.3 is 15.1 Å². The van der Waals surface area contributed by atoms with Crippen LogP contribution in [-0.2, 0) is 17.9 Å². The predicted molar refractivity (Wildman–Crippen MR) is 125 cm³/mol. The van der Waals surface area contributed by atoms with Gasteiger partial charge in [-0.25, -0.2) is 0 Å². The summed E-state index contributed by atoms with van der Waals surface area (Å²) >= 11 is 0. The summed E-state index contributed by atoms with van der Waals surface area (Å²) < 4.78 is 0. The number of nitrogens with one attached hydrogen (secondary N) is 1. The van der Waals surface area contributed by atoms with Gasteiger partial charge in [0, 0.05) is 32.1 Å². The van der Waals surface area contributed by atoms with Gasteiger partial charge in [0.05, 0.1) is 0 Å². The molecule has 0 bridgehead atoms. The normalized spacial score (nSPS) is 14.3. The predicted octanol–water partition coefficient (Wildman–Crippen LogP) is 3.85. The minimum Gasteiger partial charge on any atom is -0.337 e. The minimum absolute atomic E-state index is 0. The van der Waals surface area contributed by atoms with Crippen molar-refractivity contribution in [2.75, 3.05) is 33.2 Å². The molecule has 4 nitrogen and oxygen atoms in total. The Labute approximate surface area is 187 Å². The zero-order valence-electron chi connectivity index (χ0n) is 17.3. The van der Waals surface area contributed by atoms with E-state index in [9.17, 15) is 4.79 Å². The van der Waals surface area contributed by atoms with Crippen LogP contribution in [-0.4, -0.2) is 48.9 Å². The highest BCUT2D eigenvalue weighted by molar-refractivity contribution is 5.85. The second-order valence-electron chi connectivity index (χ2n) is 7.68. The van der Waals surface area contributed by atoms with E-state index in [4.69, 9.17) is 0 Å². The smallest absolute Gasteiger partial charge is 0.226 e. The van der Waals surface area contributed by atoms with Gasteiger partial charge in [0.25, 0.3) is 0 Å². The molecule has 6 heteroatoms. The van der Waals surface area contributed by atoms with Crippen molar-refractivity contribution in [2.45, 2.75) is 20.0 Å². The van der Waals surface area contributed by atoms with E-state index in [1.54, 1.807) is 0 Å². The van der Waals surface area contributed by atoms with Crippen molar-refractivity contribution < 1.29 is 4.79 Å². The molecule has 1 unspecified atom stereocenters. The summed E-state index contributed by atoms with van der Waals surface area (Å²) in [4.78, 5) is 17.5. The van der Waals surface area contributed by atoms with Crippen LogP contribution in [0.2, 0.25) is 0 Å². The van der Waals surface area contributed by atoms with E-state index in [2.05, 4.69) is 60.6 Å². The van der Waals surface area contributed by atoms with Crippen molar-refractivity contribution in [3.8, 4) is 0 Å². The zero-order valence-corrected chi connectivity index (χ0v) is 18.9. The van der Waals surface area contributed by atoms with Crippen molar-refractivity contribution in [3.05, 3.63) is 71.8 Å². The maximum absolute atomic E-state index is 13.1. The van der Waals surface area contributed by atoms with Crippen LogP contribution in [0.3, 0.4) is 0 Å². The Kier molecular flexibility index (Phi) is 11.3. The van der Waals surface area contributed by atoms with Gasteiger partial charge in [0.1, 0.15) is 0 Å². The highest BCUT2D eigenvalue weighted by atomic mass is 35.5. The average molecular weight is 438 g/mol. The molecule has 1 heterocycles. The van der Waals surface area contributed by atoms with E-state index in [0.717, 1.165) is 32.7 Å². The van der Waals surface area contributed by atoms with Crippen molar-refractivity contribution in [1.82, 2.24) is 15.1 Å². The van der Waals surface area contributed by atoms with Gasteiger partial charge >= 0.3 is 0 Å². The van der Waals surface area contributed by atoms with Gasteiger partial charge in [0.15, 0.2) is 0 Å². The molecule has 1 aliphatic rings. The van der Waals surface area contributed by atoms with Gasteiger partial charge in [-0.1, -0.05) is 67.6 Å². The summed E-state index contributed by atoms with van der Waals surface area (Å²) in [6.45, 7) is 7.20. The third-order valence-electron chi connectivity index (χ3n) is 5.48. The van der Waals surface area contributed by atoms with Gasteiger partial charge in [0.2, 0.25) is 5.91 Å². The number of benzene rings is 2. The lowest BCUT2D eigenvalue weighted by molar-refractivity contribution is -0.138. The molecule has 0 aromatic heterocycles. The van der Waals surface area contributed by atoms with Crippen LogP contribution in [0, 0.1) is 11.8 Å². The second kappa shape index (κ2) is 12.9. The third-order valence-corrected chi connectivity index (χ3v) is 5.48. The summed E-state index contributed by atoms with van der Waals surface area (Å²) in [6, 6.07) is 20.8. The van der Waals surface area contributed by atoms with Crippen LogP contribution in [0.1, 0.15) is 18.1 Å². The van der Waals surface area contributed by atoms with Gasteiger partial charge in [-0.15, -0.1) is 24.8 Å². The first-order chi connectivity index (χ1) is 13.1. The number of hydrogen-bond donors (Lipinski definition) is 1. The quantitative estimate of drug-likeness (QED) is 0.646. The Balaban J connectivity index is 0.00000210. The Morgan fingerprint density at radius 3 is 1.93 bits per heavy atom. The molecule has 0 saturated carbocycles. The number of nitrogens with zero attached hydrogens (tertiary/aromatic N) is 2. The summed E-state index contributed by atoms with van der Waals surface area (Å²) in [6.07, 6.45) is 0. The lowest BCUT2D eigenvalue weighted by Crippen LogP contribution is -2.51. The molecule has 2 aromatic carbocycles. The highest BCUT2D eigenvalue weighted by Gasteiger charge is 2.31. The van der Waals surface area contributed by atoms with Gasteiger partial charge in [-0.2, -0.15) is 0 Å². The van der Waals surface area contributed by atoms with Crippen LogP contribution in [0.25, 0.3) is 0 Å². The van der Waals surface area contributed by atoms with E-state index < -0.39 is 0 Å². The van der Waals surface area contributed by atoms with Crippen LogP contribution in [0.4, 0.5) is 0 Å². The average Bonchev–Trinajstić information content (AvgIpc) is 2.64. The summed E-state index contributed by atoms with van der Waals surface area (Å²) in [5.41, 5.74) is 2.49. The zero-order chi connectivity index (χ0) is 19.1. The van der Waals surface area contributed by atoms with Crippen LogP contribution < -0.4 is 5.32 Å². The van der Waals surface area contributed by atoms with Crippen LogP contribution in [0.5, 0.6) is 0 Å². The van der Waals surface area contributed by atoms with Crippen molar-refractivity contribution in [2.24, 2.45) is 11.8 Å². The maximum atomic E-state index is 13.1. The molecule has 1 amide bonds. The lowest BCUT2D eigenvalue weighted by atomic mass is 9.88. The fraction of sp³-hybridized carbons (Fsp3) is 0.435. The first-order valence-electron chi connectivity index (χ1n) is 9.89. The monoisotopic (exact) mass is 437 g/mol. The maximum Gasteiger partial charge on any atom is 0.226 e. The number of likely N-dealkylation sites (N-methyl/N-ethyl adjacent to an activating group) is 1. The number of amides is 1. The largest absolute Gasteiger partial charge is 0.337 e. The highest BCUT2D eigenvalue weighted by Crippen LogP contribution is 2.20. The minimum atomic E-state index is 0. The van der Waals surface area contributed by atoms with E-state index in [1.165, 1.54) is 11.1 Å². The van der Waals surface area contributed by atoms with E-state index >= 15 is 0 Å². The molecule has 3 rings (SSSR count). The van der Waals surface area contributed by atoms with Crippen LogP contribution >= 0.6 is 24.8 Å². The Morgan fingerprint density at radius 1 is 0.931 bits per heavy atom. The number of rotatable bonds is 9. The van der Waals surface area contributed by atoms with E-state index in [0.29, 0.717) is 12.5 Å². The third kappa shape index (κ3) is 7.63. The number of halogens is 2. The molecule has 1 atom stereocenters. The summed E-state index contributed by atoms with van der Waals surface area (Å²) in [5, 5.41) is 3.28. The fourth-order valence-corrected chi connectivity index (χ4v) is 3.49. The molecular weight excluding hydrogens is 405 g/mol. The molecule has 0 aliphatic carbocycles. The Hall–Kier alpha value is -1.59. The molecule has 2 aromatic rings. The number of carbonyl (C=O) groups is 1. The first kappa shape index (κ1) is 25.4. The Bertz CT molecular complexity index is 711. The van der Waals surface area contributed by atoms with Gasteiger partial charge in [-0.05, 0) is 37.2 Å². The van der Waals surface area contributed by atoms with Crippen molar-refractivity contribution in [3.63, 3.8) is 0 Å². The topological polar surface area (TPSA) is 35.6 Å². The number of hydrogen-bond acceptors (Lipinski definition) is 3. The molecule has 29 heavy (non-hydrogen) atoms. The fourth-order valence-electron chi connectivity index (χ4n) is 3.49. The molecule has 0 spiro atoms. The molecule has 1 saturated heterocycles. The SMILES string of the molecule is CC(C(=O)N(CCN(C)Cc1ccccc1)Cc1ccccc1)C1CNC1.Cl.Cl. The molecular formula is C23H33Cl2N3O. The molecule has 0 radical (unpaired) electrons. The van der Waals surface area contributed by atoms with E-state index in [1.807, 2.05) is 29.2 Å². The lowest BCUT2D eigenvalue weighted by Gasteiger charge is -2.35. The molecule has 1 N–H and O–H groups in total. The molecule has 1 aliphatic heterocycles. The molecule has 160 valence electrons. The standard InChI is InChI=1S/C23H31N3O.2ClH/c1-19(22-15-24-16-22)23(27)26(18-21-11-7-4-8-12-21)14-13-25(2)17-20-9-5-3-6-10-20;;/h3-12,19,22,24H,13-18H2,1-2H3;2*1H. The first-order valence-corrected chi connectivity index (χ1v) is 9.89. The van der Waals surface area contributed by atoms with Gasteiger partial charge in [-0.3, -0.25) is 4.79 Å². The van der Waals surface area contributed by atoms with Crippen LogP contribution in [0.15, 0.2) is 60.7 Å².